The van der Waals surface area contributed by atoms with E-state index in [1.165, 1.54) is 44.1 Å². The van der Waals surface area contributed by atoms with Gasteiger partial charge < -0.3 is 10.2 Å². The number of aliphatic carboxylic acids is 2. The molecule has 0 spiro atoms. The number of hydrogen-bond acceptors (Lipinski definition) is 2. The van der Waals surface area contributed by atoms with Crippen LogP contribution in [0.15, 0.2) is 36.5 Å². The van der Waals surface area contributed by atoms with Gasteiger partial charge in [-0.15, -0.1) is 6.58 Å². The third-order valence-electron chi connectivity index (χ3n) is 5.54. The van der Waals surface area contributed by atoms with Gasteiger partial charge in [0.25, 0.3) is 0 Å². The Morgan fingerprint density at radius 2 is 1.30 bits per heavy atom. The minimum atomic E-state index is -0.692. The Hall–Kier alpha value is -1.84. The van der Waals surface area contributed by atoms with E-state index >= 15 is 0 Å². The van der Waals surface area contributed by atoms with E-state index in [2.05, 4.69) is 31.7 Å². The average molecular weight is 421 g/mol. The van der Waals surface area contributed by atoms with E-state index in [-0.39, 0.29) is 0 Å². The molecule has 172 valence electrons. The quantitative estimate of drug-likeness (QED) is 0.113. The molecular formula is C26H44O4. The third kappa shape index (κ3) is 19.5. The van der Waals surface area contributed by atoms with Crippen molar-refractivity contribution in [1.29, 1.82) is 0 Å². The van der Waals surface area contributed by atoms with Crippen molar-refractivity contribution in [3.8, 4) is 0 Å². The molecule has 0 bridgehead atoms. The van der Waals surface area contributed by atoms with Crippen LogP contribution in [-0.2, 0) is 9.59 Å². The molecule has 4 nitrogen and oxygen atoms in total. The van der Waals surface area contributed by atoms with Crippen LogP contribution in [0.1, 0.15) is 110 Å². The molecule has 0 aliphatic rings. The van der Waals surface area contributed by atoms with E-state index in [1.807, 2.05) is 6.08 Å². The standard InChI is InChI=1S/C26H44O4/c1-3-18-24(20-15-11-8-9-13-17-22-26(29)30)23(2)19-14-10-6-4-5-7-12-16-21-25(27)28/h3,10,14,19,24H,1,4-9,11-13,15-18,20-22H2,2H3,(H,27,28)(H,29,30)/b14-10+,23-19-. The predicted molar refractivity (Wildman–Crippen MR) is 126 cm³/mol. The molecule has 0 aromatic carbocycles. The molecule has 0 aliphatic carbocycles. The SMILES string of the molecule is C=CCC(CCCCCCCCC(=O)O)/C(C)=C\C=C\CCCCCCCC(=O)O. The zero-order chi connectivity index (χ0) is 22.5. The lowest BCUT2D eigenvalue weighted by molar-refractivity contribution is -0.138. The van der Waals surface area contributed by atoms with Crippen molar-refractivity contribution in [3.05, 3.63) is 36.5 Å². The maximum absolute atomic E-state index is 10.5. The molecule has 0 heterocycles. The van der Waals surface area contributed by atoms with Gasteiger partial charge in [0.2, 0.25) is 0 Å². The Morgan fingerprint density at radius 1 is 0.800 bits per heavy atom. The maximum Gasteiger partial charge on any atom is 0.303 e. The molecule has 2 N–H and O–H groups in total. The van der Waals surface area contributed by atoms with E-state index < -0.39 is 11.9 Å². The summed E-state index contributed by atoms with van der Waals surface area (Å²) in [6.07, 6.45) is 24.4. The summed E-state index contributed by atoms with van der Waals surface area (Å²) in [5, 5.41) is 17.3. The zero-order valence-electron chi connectivity index (χ0n) is 19.1. The molecule has 30 heavy (non-hydrogen) atoms. The summed E-state index contributed by atoms with van der Waals surface area (Å²) in [6, 6.07) is 0. The second-order valence-electron chi connectivity index (χ2n) is 8.31. The van der Waals surface area contributed by atoms with Gasteiger partial charge in [0.05, 0.1) is 0 Å². The monoisotopic (exact) mass is 420 g/mol. The van der Waals surface area contributed by atoms with Crippen molar-refractivity contribution in [2.24, 2.45) is 5.92 Å². The van der Waals surface area contributed by atoms with Gasteiger partial charge in [-0.3, -0.25) is 9.59 Å². The minimum absolute atomic E-state index is 0.294. The molecule has 0 saturated carbocycles. The van der Waals surface area contributed by atoms with Crippen LogP contribution in [0.5, 0.6) is 0 Å². The van der Waals surface area contributed by atoms with Crippen LogP contribution in [0.3, 0.4) is 0 Å². The van der Waals surface area contributed by atoms with Gasteiger partial charge in [0, 0.05) is 12.8 Å². The molecule has 0 saturated heterocycles. The number of hydrogen-bond donors (Lipinski definition) is 2. The largest absolute Gasteiger partial charge is 0.481 e. The Bertz CT molecular complexity index is 519. The fourth-order valence-electron chi connectivity index (χ4n) is 3.63. The van der Waals surface area contributed by atoms with E-state index in [0.717, 1.165) is 51.4 Å². The molecule has 0 aromatic rings. The van der Waals surface area contributed by atoms with Crippen LogP contribution < -0.4 is 0 Å². The van der Waals surface area contributed by atoms with Gasteiger partial charge in [-0.25, -0.2) is 0 Å². The highest BCUT2D eigenvalue weighted by atomic mass is 16.4. The smallest absolute Gasteiger partial charge is 0.303 e. The fraction of sp³-hybridized carbons (Fsp3) is 0.692. The van der Waals surface area contributed by atoms with Crippen LogP contribution in [0, 0.1) is 5.92 Å². The van der Waals surface area contributed by atoms with Crippen LogP contribution in [0.25, 0.3) is 0 Å². The number of carboxylic acids is 2. The summed E-state index contributed by atoms with van der Waals surface area (Å²) >= 11 is 0. The highest BCUT2D eigenvalue weighted by Crippen LogP contribution is 2.23. The first kappa shape index (κ1) is 28.2. The molecule has 0 radical (unpaired) electrons. The fourth-order valence-corrected chi connectivity index (χ4v) is 3.63. The van der Waals surface area contributed by atoms with Gasteiger partial charge >= 0.3 is 11.9 Å². The van der Waals surface area contributed by atoms with E-state index in [4.69, 9.17) is 10.2 Å². The third-order valence-corrected chi connectivity index (χ3v) is 5.54. The van der Waals surface area contributed by atoms with Crippen molar-refractivity contribution in [3.63, 3.8) is 0 Å². The van der Waals surface area contributed by atoms with Crippen LogP contribution in [-0.4, -0.2) is 22.2 Å². The lowest BCUT2D eigenvalue weighted by Gasteiger charge is -2.15. The van der Waals surface area contributed by atoms with Gasteiger partial charge in [-0.1, -0.05) is 81.2 Å². The van der Waals surface area contributed by atoms with Gasteiger partial charge in [-0.05, 0) is 51.4 Å². The molecule has 0 aromatic heterocycles. The van der Waals surface area contributed by atoms with Crippen LogP contribution in [0.2, 0.25) is 0 Å². The van der Waals surface area contributed by atoms with Crippen molar-refractivity contribution < 1.29 is 19.8 Å². The van der Waals surface area contributed by atoms with Crippen LogP contribution in [0.4, 0.5) is 0 Å². The first-order valence-corrected chi connectivity index (χ1v) is 11.8. The normalized spacial score (nSPS) is 12.9. The molecular weight excluding hydrogens is 376 g/mol. The Labute approximate surface area is 184 Å². The first-order valence-electron chi connectivity index (χ1n) is 11.8. The topological polar surface area (TPSA) is 74.6 Å². The second kappa shape index (κ2) is 20.4. The van der Waals surface area contributed by atoms with Crippen LogP contribution >= 0.6 is 0 Å². The molecule has 0 fully saturated rings. The number of allylic oxidation sites excluding steroid dienone is 5. The predicted octanol–water partition coefficient (Wildman–Crippen LogP) is 7.70. The number of carboxylic acid groups (broad SMARTS) is 2. The summed E-state index contributed by atoms with van der Waals surface area (Å²) in [5.74, 6) is -0.817. The Morgan fingerprint density at radius 3 is 1.83 bits per heavy atom. The number of rotatable bonds is 21. The Balaban J connectivity index is 3.90. The number of unbranched alkanes of at least 4 members (excludes halogenated alkanes) is 10. The summed E-state index contributed by atoms with van der Waals surface area (Å²) in [4.78, 5) is 20.9. The van der Waals surface area contributed by atoms with Gasteiger partial charge in [-0.2, -0.15) is 0 Å². The molecule has 0 amide bonds. The van der Waals surface area contributed by atoms with E-state index in [0.29, 0.717) is 18.8 Å². The van der Waals surface area contributed by atoms with Crippen molar-refractivity contribution in [2.75, 3.05) is 0 Å². The summed E-state index contributed by atoms with van der Waals surface area (Å²) in [5.41, 5.74) is 1.42. The second-order valence-corrected chi connectivity index (χ2v) is 8.31. The van der Waals surface area contributed by atoms with E-state index in [9.17, 15) is 9.59 Å². The lowest BCUT2D eigenvalue weighted by atomic mass is 9.90. The molecule has 1 atom stereocenters. The maximum atomic E-state index is 10.5. The molecule has 0 aliphatic heterocycles. The van der Waals surface area contributed by atoms with E-state index in [1.54, 1.807) is 0 Å². The molecule has 4 heteroatoms. The zero-order valence-corrected chi connectivity index (χ0v) is 19.1. The number of carbonyl (C=O) groups is 2. The Kier molecular flexibility index (Phi) is 19.2. The first-order chi connectivity index (χ1) is 14.5. The molecule has 0 rings (SSSR count). The summed E-state index contributed by atoms with van der Waals surface area (Å²) < 4.78 is 0. The van der Waals surface area contributed by atoms with Gasteiger partial charge in [0.15, 0.2) is 0 Å². The summed E-state index contributed by atoms with van der Waals surface area (Å²) in [6.45, 7) is 6.13. The van der Waals surface area contributed by atoms with Crippen molar-refractivity contribution in [2.45, 2.75) is 110 Å². The van der Waals surface area contributed by atoms with Gasteiger partial charge in [0.1, 0.15) is 0 Å². The average Bonchev–Trinajstić information content (AvgIpc) is 2.69. The molecule has 1 unspecified atom stereocenters. The highest BCUT2D eigenvalue weighted by Gasteiger charge is 2.08. The summed E-state index contributed by atoms with van der Waals surface area (Å²) in [7, 11) is 0. The lowest BCUT2D eigenvalue weighted by Crippen LogP contribution is -2.01. The van der Waals surface area contributed by atoms with Crippen molar-refractivity contribution in [1.82, 2.24) is 0 Å². The van der Waals surface area contributed by atoms with Crippen molar-refractivity contribution >= 4 is 11.9 Å². The highest BCUT2D eigenvalue weighted by molar-refractivity contribution is 5.66. The minimum Gasteiger partial charge on any atom is -0.481 e.